The van der Waals surface area contributed by atoms with Gasteiger partial charge in [-0.1, -0.05) is 12.2 Å². The summed E-state index contributed by atoms with van der Waals surface area (Å²) in [6.07, 6.45) is 3.34. The van der Waals surface area contributed by atoms with Crippen molar-refractivity contribution in [3.8, 4) is 0 Å². The number of alkyl halides is 1. The molecule has 0 fully saturated rings. The summed E-state index contributed by atoms with van der Waals surface area (Å²) < 4.78 is 11.9. The highest BCUT2D eigenvalue weighted by molar-refractivity contribution is 4.77. The van der Waals surface area contributed by atoms with Gasteiger partial charge in [0.05, 0.1) is 0 Å². The second kappa shape index (κ2) is 5.51. The number of hydrogen-bond donors (Lipinski definition) is 0. The summed E-state index contributed by atoms with van der Waals surface area (Å²) in [6.45, 7) is 7.72. The van der Waals surface area contributed by atoms with E-state index in [4.69, 9.17) is 0 Å². The zero-order valence-corrected chi connectivity index (χ0v) is 5.52. The summed E-state index contributed by atoms with van der Waals surface area (Å²) in [5.74, 6) is 0. The summed E-state index contributed by atoms with van der Waals surface area (Å²) in [4.78, 5) is 1.58. The third-order valence-corrected chi connectivity index (χ3v) is 0.944. The second-order valence-corrected chi connectivity index (χ2v) is 1.73. The topological polar surface area (TPSA) is 3.24 Å². The average molecular weight is 129 g/mol. The van der Waals surface area contributed by atoms with Crippen molar-refractivity contribution < 1.29 is 4.39 Å². The molecule has 0 spiro atoms. The molecular weight excluding hydrogens is 117 g/mol. The van der Waals surface area contributed by atoms with Crippen LogP contribution in [-0.4, -0.2) is 24.8 Å². The summed E-state index contributed by atoms with van der Waals surface area (Å²) >= 11 is 0. The molecule has 0 amide bonds. The van der Waals surface area contributed by atoms with E-state index in [2.05, 4.69) is 13.2 Å². The minimum absolute atomic E-state index is 0.433. The van der Waals surface area contributed by atoms with E-state index in [1.807, 2.05) is 0 Å². The largest absolute Gasteiger partial charge is 0.269 e. The maximum Gasteiger partial charge on any atom is 0.143 e. The molecule has 1 nitrogen and oxygen atoms in total. The van der Waals surface area contributed by atoms with Crippen molar-refractivity contribution in [3.05, 3.63) is 25.3 Å². The lowest BCUT2D eigenvalue weighted by Gasteiger charge is -2.12. The molecule has 9 heavy (non-hydrogen) atoms. The lowest BCUT2D eigenvalue weighted by molar-refractivity contribution is 0.223. The van der Waals surface area contributed by atoms with Crippen molar-refractivity contribution in [1.82, 2.24) is 4.90 Å². The molecule has 0 bridgehead atoms. The molecule has 0 radical (unpaired) electrons. The Balaban J connectivity index is 3.39. The zero-order chi connectivity index (χ0) is 7.11. The van der Waals surface area contributed by atoms with E-state index in [-0.39, 0.29) is 0 Å². The molecule has 0 saturated carbocycles. The van der Waals surface area contributed by atoms with Gasteiger partial charge in [-0.25, -0.2) is 4.39 Å². The van der Waals surface area contributed by atoms with Gasteiger partial charge in [0.25, 0.3) is 0 Å². The van der Waals surface area contributed by atoms with Crippen LogP contribution in [0, 0.1) is 0 Å². The van der Waals surface area contributed by atoms with Crippen LogP contribution in [0.1, 0.15) is 0 Å². The first kappa shape index (κ1) is 8.37. The Hall–Kier alpha value is -0.630. The molecule has 0 saturated heterocycles. The zero-order valence-electron chi connectivity index (χ0n) is 5.52. The van der Waals surface area contributed by atoms with Crippen molar-refractivity contribution in [3.63, 3.8) is 0 Å². The van der Waals surface area contributed by atoms with Gasteiger partial charge in [-0.15, -0.1) is 13.2 Å². The van der Waals surface area contributed by atoms with Crippen molar-refractivity contribution in [2.45, 2.75) is 0 Å². The molecule has 0 unspecified atom stereocenters. The van der Waals surface area contributed by atoms with Gasteiger partial charge in [-0.05, 0) is 0 Å². The van der Waals surface area contributed by atoms with Gasteiger partial charge < -0.3 is 0 Å². The van der Waals surface area contributed by atoms with Crippen LogP contribution in [-0.2, 0) is 0 Å². The molecule has 0 rings (SSSR count). The van der Waals surface area contributed by atoms with Crippen molar-refractivity contribution >= 4 is 0 Å². The first-order valence-electron chi connectivity index (χ1n) is 2.85. The third-order valence-electron chi connectivity index (χ3n) is 0.944. The van der Waals surface area contributed by atoms with Crippen LogP contribution >= 0.6 is 0 Å². The minimum atomic E-state index is -0.433. The minimum Gasteiger partial charge on any atom is -0.269 e. The molecule has 0 aliphatic rings. The molecule has 0 N–H and O–H groups in total. The normalized spacial score (nSPS) is 9.56. The number of halogens is 1. The number of hydrogen-bond acceptors (Lipinski definition) is 1. The number of nitrogens with zero attached hydrogens (tertiary/aromatic N) is 1. The van der Waals surface area contributed by atoms with Gasteiger partial charge in [0.2, 0.25) is 0 Å². The Morgan fingerprint density at radius 3 is 1.89 bits per heavy atom. The van der Waals surface area contributed by atoms with E-state index in [1.54, 1.807) is 17.1 Å². The smallest absolute Gasteiger partial charge is 0.143 e. The molecule has 0 aromatic heterocycles. The van der Waals surface area contributed by atoms with E-state index in [9.17, 15) is 4.39 Å². The fourth-order valence-corrected chi connectivity index (χ4v) is 0.537. The molecular formula is C7H12FN. The second-order valence-electron chi connectivity index (χ2n) is 1.73. The van der Waals surface area contributed by atoms with E-state index in [0.717, 1.165) is 0 Å². The number of rotatable bonds is 5. The van der Waals surface area contributed by atoms with Crippen LogP contribution in [0.2, 0.25) is 0 Å². The van der Waals surface area contributed by atoms with E-state index in [0.29, 0.717) is 13.1 Å². The standard InChI is InChI=1S/C7H12FN/c1-3-5-9(7-8)6-4-2/h3-4H,1-2,5-7H2. The molecule has 0 aliphatic carbocycles. The van der Waals surface area contributed by atoms with Crippen LogP contribution in [0.5, 0.6) is 0 Å². The molecule has 52 valence electrons. The van der Waals surface area contributed by atoms with Crippen LogP contribution in [0.4, 0.5) is 4.39 Å². The summed E-state index contributed by atoms with van der Waals surface area (Å²) in [5.41, 5.74) is 0. The maximum absolute atomic E-state index is 11.9. The van der Waals surface area contributed by atoms with E-state index < -0.39 is 6.80 Å². The summed E-state index contributed by atoms with van der Waals surface area (Å²) in [6, 6.07) is 0. The average Bonchev–Trinajstić information content (AvgIpc) is 1.88. The Labute approximate surface area is 55.5 Å². The monoisotopic (exact) mass is 129 g/mol. The fourth-order valence-electron chi connectivity index (χ4n) is 0.537. The van der Waals surface area contributed by atoms with Gasteiger partial charge in [-0.2, -0.15) is 0 Å². The molecule has 0 heterocycles. The molecule has 2 heteroatoms. The first-order valence-corrected chi connectivity index (χ1v) is 2.85. The van der Waals surface area contributed by atoms with Gasteiger partial charge in [-0.3, -0.25) is 4.90 Å². The quantitative estimate of drug-likeness (QED) is 0.402. The van der Waals surface area contributed by atoms with E-state index >= 15 is 0 Å². The van der Waals surface area contributed by atoms with Crippen molar-refractivity contribution in [2.75, 3.05) is 19.9 Å². The molecule has 0 atom stereocenters. The van der Waals surface area contributed by atoms with Crippen molar-refractivity contribution in [1.29, 1.82) is 0 Å². The summed E-state index contributed by atoms with van der Waals surface area (Å²) in [7, 11) is 0. The SMILES string of the molecule is C=CCN(CF)CC=C. The van der Waals surface area contributed by atoms with Gasteiger partial charge in [0, 0.05) is 13.1 Å². The lowest BCUT2D eigenvalue weighted by atomic mass is 10.5. The van der Waals surface area contributed by atoms with Gasteiger partial charge in [0.15, 0.2) is 0 Å². The predicted octanol–water partition coefficient (Wildman–Crippen LogP) is 1.59. The molecule has 0 aromatic carbocycles. The Morgan fingerprint density at radius 2 is 1.67 bits per heavy atom. The van der Waals surface area contributed by atoms with Crippen LogP contribution in [0.3, 0.4) is 0 Å². The van der Waals surface area contributed by atoms with Gasteiger partial charge >= 0.3 is 0 Å². The maximum atomic E-state index is 11.9. The Bertz CT molecular complexity index is 80.9. The van der Waals surface area contributed by atoms with Crippen molar-refractivity contribution in [2.24, 2.45) is 0 Å². The van der Waals surface area contributed by atoms with Crippen LogP contribution in [0.15, 0.2) is 25.3 Å². The molecule has 0 aromatic rings. The Kier molecular flexibility index (Phi) is 5.12. The first-order chi connectivity index (χ1) is 4.35. The molecule has 0 aliphatic heterocycles. The van der Waals surface area contributed by atoms with Gasteiger partial charge in [0.1, 0.15) is 6.80 Å². The van der Waals surface area contributed by atoms with Crippen LogP contribution < -0.4 is 0 Å². The predicted molar refractivity (Wildman–Crippen MR) is 37.9 cm³/mol. The highest BCUT2D eigenvalue weighted by atomic mass is 19.1. The third kappa shape index (κ3) is 3.91. The highest BCUT2D eigenvalue weighted by Crippen LogP contribution is 1.87. The Morgan fingerprint density at radius 1 is 1.22 bits per heavy atom. The summed E-state index contributed by atoms with van der Waals surface area (Å²) in [5, 5.41) is 0. The fraction of sp³-hybridized carbons (Fsp3) is 0.429. The van der Waals surface area contributed by atoms with E-state index in [1.165, 1.54) is 0 Å². The lowest BCUT2D eigenvalue weighted by Crippen LogP contribution is -2.22. The highest BCUT2D eigenvalue weighted by Gasteiger charge is 1.95. The van der Waals surface area contributed by atoms with Crippen LogP contribution in [0.25, 0.3) is 0 Å².